The summed E-state index contributed by atoms with van der Waals surface area (Å²) in [6.45, 7) is 3.31. The number of likely N-dealkylation sites (tertiary alicyclic amines) is 1. The normalized spacial score (nSPS) is 19.1. The molecule has 19 heavy (non-hydrogen) atoms. The molecule has 0 aromatic heterocycles. The van der Waals surface area contributed by atoms with E-state index in [0.717, 1.165) is 29.5 Å². The van der Waals surface area contributed by atoms with Crippen LogP contribution in [0, 0.1) is 0 Å². The molecule has 0 saturated carbocycles. The fourth-order valence-corrected chi connectivity index (χ4v) is 2.92. The predicted octanol–water partition coefficient (Wildman–Crippen LogP) is 3.66. The van der Waals surface area contributed by atoms with Crippen LogP contribution >= 0.6 is 12.2 Å². The Morgan fingerprint density at radius 3 is 2.74 bits per heavy atom. The van der Waals surface area contributed by atoms with Gasteiger partial charge < -0.3 is 15.0 Å². The first-order chi connectivity index (χ1) is 9.24. The van der Waals surface area contributed by atoms with Crippen LogP contribution in [0.25, 0.3) is 0 Å². The molecule has 1 fully saturated rings. The third kappa shape index (κ3) is 3.60. The van der Waals surface area contributed by atoms with Crippen molar-refractivity contribution in [3.63, 3.8) is 0 Å². The first-order valence-corrected chi connectivity index (χ1v) is 7.37. The Bertz CT molecular complexity index is 419. The zero-order valence-electron chi connectivity index (χ0n) is 11.7. The van der Waals surface area contributed by atoms with Crippen LogP contribution in [-0.4, -0.2) is 29.7 Å². The van der Waals surface area contributed by atoms with E-state index in [4.69, 9.17) is 17.0 Å². The molecule has 0 radical (unpaired) electrons. The molecule has 0 spiro atoms. The van der Waals surface area contributed by atoms with E-state index in [9.17, 15) is 0 Å². The fraction of sp³-hybridized carbons (Fsp3) is 0.533. The van der Waals surface area contributed by atoms with Crippen LogP contribution in [0.15, 0.2) is 24.3 Å². The topological polar surface area (TPSA) is 24.5 Å². The van der Waals surface area contributed by atoms with E-state index < -0.39 is 0 Å². The summed E-state index contributed by atoms with van der Waals surface area (Å²) >= 11 is 5.54. The number of hydrogen-bond donors (Lipinski definition) is 1. The molecular formula is C15H22N2OS. The minimum atomic E-state index is 0.590. The average molecular weight is 278 g/mol. The van der Waals surface area contributed by atoms with Crippen molar-refractivity contribution in [2.45, 2.75) is 38.6 Å². The Kier molecular flexibility index (Phi) is 5.02. The van der Waals surface area contributed by atoms with Gasteiger partial charge in [-0.1, -0.05) is 6.92 Å². The molecule has 104 valence electrons. The molecule has 1 aromatic rings. The summed E-state index contributed by atoms with van der Waals surface area (Å²) in [5.74, 6) is 0.862. The van der Waals surface area contributed by atoms with Crippen LogP contribution in [0.5, 0.6) is 5.75 Å². The number of methoxy groups -OCH3 is 1. The molecule has 1 aromatic carbocycles. The zero-order valence-corrected chi connectivity index (χ0v) is 12.5. The van der Waals surface area contributed by atoms with Gasteiger partial charge in [0.1, 0.15) is 5.75 Å². The van der Waals surface area contributed by atoms with Gasteiger partial charge in [0, 0.05) is 18.3 Å². The van der Waals surface area contributed by atoms with Gasteiger partial charge in [-0.3, -0.25) is 0 Å². The van der Waals surface area contributed by atoms with Gasteiger partial charge in [0.15, 0.2) is 5.11 Å². The van der Waals surface area contributed by atoms with Crippen LogP contribution in [0.1, 0.15) is 32.6 Å². The van der Waals surface area contributed by atoms with Gasteiger partial charge in [0.2, 0.25) is 0 Å². The van der Waals surface area contributed by atoms with Crippen LogP contribution < -0.4 is 10.1 Å². The van der Waals surface area contributed by atoms with Gasteiger partial charge >= 0.3 is 0 Å². The summed E-state index contributed by atoms with van der Waals surface area (Å²) in [6.07, 6.45) is 4.96. The lowest BCUT2D eigenvalue weighted by Gasteiger charge is -2.37. The Hall–Kier alpha value is -1.29. The van der Waals surface area contributed by atoms with Crippen molar-refractivity contribution in [3.05, 3.63) is 24.3 Å². The number of anilines is 1. The SMILES string of the molecule is CCC1CCCCN1C(=S)Nc1ccc(OC)cc1. The zero-order chi connectivity index (χ0) is 13.7. The summed E-state index contributed by atoms with van der Waals surface area (Å²) in [4.78, 5) is 2.34. The summed E-state index contributed by atoms with van der Waals surface area (Å²) in [6, 6.07) is 8.47. The molecule has 1 saturated heterocycles. The molecule has 1 heterocycles. The quantitative estimate of drug-likeness (QED) is 0.853. The second kappa shape index (κ2) is 6.75. The number of rotatable bonds is 3. The maximum atomic E-state index is 5.54. The monoisotopic (exact) mass is 278 g/mol. The van der Waals surface area contributed by atoms with Gasteiger partial charge in [0.05, 0.1) is 7.11 Å². The van der Waals surface area contributed by atoms with E-state index in [0.29, 0.717) is 6.04 Å². The standard InChI is InChI=1S/C15H22N2OS/c1-3-13-6-4-5-11-17(13)15(19)16-12-7-9-14(18-2)10-8-12/h7-10,13H,3-6,11H2,1-2H3,(H,16,19). The van der Waals surface area contributed by atoms with Crippen molar-refractivity contribution >= 4 is 23.0 Å². The number of hydrogen-bond acceptors (Lipinski definition) is 2. The van der Waals surface area contributed by atoms with Crippen molar-refractivity contribution in [3.8, 4) is 5.75 Å². The first kappa shape index (κ1) is 14.1. The van der Waals surface area contributed by atoms with Crippen molar-refractivity contribution < 1.29 is 4.74 Å². The Labute approximate surface area is 120 Å². The van der Waals surface area contributed by atoms with Crippen molar-refractivity contribution in [1.29, 1.82) is 0 Å². The van der Waals surface area contributed by atoms with Crippen LogP contribution in [0.2, 0.25) is 0 Å². The Morgan fingerprint density at radius 2 is 2.11 bits per heavy atom. The largest absolute Gasteiger partial charge is 0.497 e. The van der Waals surface area contributed by atoms with Gasteiger partial charge in [-0.15, -0.1) is 0 Å². The van der Waals surface area contributed by atoms with Gasteiger partial charge in [0.25, 0.3) is 0 Å². The number of nitrogens with zero attached hydrogens (tertiary/aromatic N) is 1. The van der Waals surface area contributed by atoms with E-state index in [2.05, 4.69) is 17.1 Å². The van der Waals surface area contributed by atoms with Crippen LogP contribution in [0.3, 0.4) is 0 Å². The number of nitrogens with one attached hydrogen (secondary N) is 1. The highest BCUT2D eigenvalue weighted by Crippen LogP contribution is 2.21. The first-order valence-electron chi connectivity index (χ1n) is 6.96. The van der Waals surface area contributed by atoms with Crippen LogP contribution in [-0.2, 0) is 0 Å². The van der Waals surface area contributed by atoms with E-state index >= 15 is 0 Å². The highest BCUT2D eigenvalue weighted by atomic mass is 32.1. The van der Waals surface area contributed by atoms with E-state index in [1.54, 1.807) is 7.11 Å². The Balaban J connectivity index is 1.98. The average Bonchev–Trinajstić information content (AvgIpc) is 2.48. The van der Waals surface area contributed by atoms with Crippen molar-refractivity contribution in [2.75, 3.05) is 19.0 Å². The third-order valence-electron chi connectivity index (χ3n) is 3.70. The lowest BCUT2D eigenvalue weighted by Crippen LogP contribution is -2.45. The van der Waals surface area contributed by atoms with E-state index in [1.165, 1.54) is 19.3 Å². The summed E-state index contributed by atoms with van der Waals surface area (Å²) in [5.41, 5.74) is 1.02. The molecule has 1 N–H and O–H groups in total. The highest BCUT2D eigenvalue weighted by Gasteiger charge is 2.22. The lowest BCUT2D eigenvalue weighted by molar-refractivity contribution is 0.239. The molecule has 1 aliphatic heterocycles. The number of ether oxygens (including phenoxy) is 1. The molecule has 1 aliphatic rings. The Morgan fingerprint density at radius 1 is 1.37 bits per heavy atom. The fourth-order valence-electron chi connectivity index (χ4n) is 2.56. The molecule has 2 rings (SSSR count). The predicted molar refractivity (Wildman–Crippen MR) is 83.9 cm³/mol. The lowest BCUT2D eigenvalue weighted by atomic mass is 10.0. The van der Waals surface area contributed by atoms with Gasteiger partial charge in [-0.05, 0) is 62.2 Å². The van der Waals surface area contributed by atoms with Gasteiger partial charge in [-0.25, -0.2) is 0 Å². The van der Waals surface area contributed by atoms with E-state index in [1.807, 2.05) is 24.3 Å². The highest BCUT2D eigenvalue weighted by molar-refractivity contribution is 7.80. The maximum absolute atomic E-state index is 5.54. The van der Waals surface area contributed by atoms with Crippen molar-refractivity contribution in [1.82, 2.24) is 4.90 Å². The second-order valence-electron chi connectivity index (χ2n) is 4.91. The minimum absolute atomic E-state index is 0.590. The number of benzene rings is 1. The molecule has 1 atom stereocenters. The van der Waals surface area contributed by atoms with E-state index in [-0.39, 0.29) is 0 Å². The summed E-state index contributed by atoms with van der Waals surface area (Å²) in [7, 11) is 1.67. The molecular weight excluding hydrogens is 256 g/mol. The van der Waals surface area contributed by atoms with Gasteiger partial charge in [-0.2, -0.15) is 0 Å². The second-order valence-corrected chi connectivity index (χ2v) is 5.30. The molecule has 0 bridgehead atoms. The molecule has 1 unspecified atom stereocenters. The van der Waals surface area contributed by atoms with Crippen molar-refractivity contribution in [2.24, 2.45) is 0 Å². The third-order valence-corrected chi connectivity index (χ3v) is 4.04. The molecule has 0 aliphatic carbocycles. The number of piperidine rings is 1. The minimum Gasteiger partial charge on any atom is -0.497 e. The maximum Gasteiger partial charge on any atom is 0.173 e. The number of thiocarbonyl (C=S) groups is 1. The molecule has 3 nitrogen and oxygen atoms in total. The molecule has 0 amide bonds. The summed E-state index contributed by atoms with van der Waals surface area (Å²) in [5, 5.41) is 4.17. The smallest absolute Gasteiger partial charge is 0.173 e. The molecule has 4 heteroatoms. The van der Waals surface area contributed by atoms with Crippen LogP contribution in [0.4, 0.5) is 5.69 Å². The summed E-state index contributed by atoms with van der Waals surface area (Å²) < 4.78 is 5.15.